The van der Waals surface area contributed by atoms with Crippen molar-refractivity contribution in [1.82, 2.24) is 5.32 Å². The Kier molecular flexibility index (Phi) is 6.21. The van der Waals surface area contributed by atoms with Crippen LogP contribution in [0.3, 0.4) is 0 Å². The second-order valence-corrected chi connectivity index (χ2v) is 12.3. The van der Waals surface area contributed by atoms with Gasteiger partial charge >= 0.3 is 6.09 Å². The first kappa shape index (κ1) is 26.1. The monoisotopic (exact) mass is 509 g/mol. The Hall–Kier alpha value is -2.48. The van der Waals surface area contributed by atoms with Crippen LogP contribution >= 0.6 is 0 Å². The van der Waals surface area contributed by atoms with Gasteiger partial charge in [0.2, 0.25) is 0 Å². The molecular formula is C30H39NO6. The lowest BCUT2D eigenvalue weighted by molar-refractivity contribution is -0.189. The molecule has 5 rings (SSSR count). The van der Waals surface area contributed by atoms with Gasteiger partial charge in [0.1, 0.15) is 6.10 Å². The first-order valence-electron chi connectivity index (χ1n) is 13.4. The number of allylic oxidation sites excluding steroid dienone is 1. The molecule has 1 spiro atoms. The second-order valence-electron chi connectivity index (χ2n) is 12.3. The molecule has 7 nitrogen and oxygen atoms in total. The maximum Gasteiger partial charge on any atom is 0.408 e. The van der Waals surface area contributed by atoms with Crippen LogP contribution in [-0.2, 0) is 16.0 Å². The van der Waals surface area contributed by atoms with E-state index in [-0.39, 0.29) is 29.2 Å². The van der Waals surface area contributed by atoms with Crippen molar-refractivity contribution >= 4 is 11.9 Å². The van der Waals surface area contributed by atoms with E-state index in [9.17, 15) is 24.9 Å². The summed E-state index contributed by atoms with van der Waals surface area (Å²) in [4.78, 5) is 27.7. The largest absolute Gasteiger partial charge is 0.438 e. The normalized spacial score (nSPS) is 40.1. The van der Waals surface area contributed by atoms with Gasteiger partial charge in [0.05, 0.1) is 18.1 Å². The van der Waals surface area contributed by atoms with Gasteiger partial charge in [0.15, 0.2) is 17.5 Å². The zero-order valence-electron chi connectivity index (χ0n) is 22.3. The fourth-order valence-electron chi connectivity index (χ4n) is 7.64. The topological polar surface area (TPSA) is 116 Å². The van der Waals surface area contributed by atoms with E-state index in [4.69, 9.17) is 4.74 Å². The summed E-state index contributed by atoms with van der Waals surface area (Å²) in [7, 11) is 0. The lowest BCUT2D eigenvalue weighted by Crippen LogP contribution is -2.66. The minimum Gasteiger partial charge on any atom is -0.438 e. The Morgan fingerprint density at radius 3 is 2.59 bits per heavy atom. The Morgan fingerprint density at radius 2 is 1.89 bits per heavy atom. The van der Waals surface area contributed by atoms with Crippen LogP contribution in [0.25, 0.3) is 0 Å². The average molecular weight is 510 g/mol. The van der Waals surface area contributed by atoms with Crippen LogP contribution in [0.4, 0.5) is 4.79 Å². The molecule has 8 atom stereocenters. The molecule has 1 fully saturated rings. The molecule has 1 amide bonds. The van der Waals surface area contributed by atoms with Gasteiger partial charge in [-0.05, 0) is 65.7 Å². The third kappa shape index (κ3) is 3.50. The molecule has 0 aromatic heterocycles. The second kappa shape index (κ2) is 8.79. The lowest BCUT2D eigenvalue weighted by atomic mass is 9.59. The van der Waals surface area contributed by atoms with Gasteiger partial charge in [-0.15, -0.1) is 0 Å². The summed E-state index contributed by atoms with van der Waals surface area (Å²) < 4.78 is 5.90. The number of ether oxygens (including phenoxy) is 1. The predicted octanol–water partition coefficient (Wildman–Crippen LogP) is 3.63. The summed E-state index contributed by atoms with van der Waals surface area (Å²) in [6.45, 7) is 9.30. The molecule has 2 bridgehead atoms. The van der Waals surface area contributed by atoms with Crippen molar-refractivity contribution < 1.29 is 29.6 Å². The number of rotatable bonds is 3. The van der Waals surface area contributed by atoms with E-state index in [2.05, 4.69) is 12.2 Å². The van der Waals surface area contributed by atoms with Gasteiger partial charge in [-0.25, -0.2) is 4.79 Å². The van der Waals surface area contributed by atoms with Gasteiger partial charge in [-0.3, -0.25) is 4.79 Å². The summed E-state index contributed by atoms with van der Waals surface area (Å²) in [5.41, 5.74) is -1.16. The zero-order valence-corrected chi connectivity index (χ0v) is 22.3. The van der Waals surface area contributed by atoms with Crippen molar-refractivity contribution in [2.24, 2.45) is 28.6 Å². The molecule has 1 aromatic carbocycles. The van der Waals surface area contributed by atoms with Crippen molar-refractivity contribution in [3.8, 4) is 0 Å². The highest BCUT2D eigenvalue weighted by Gasteiger charge is 2.73. The summed E-state index contributed by atoms with van der Waals surface area (Å²) >= 11 is 0. The van der Waals surface area contributed by atoms with Gasteiger partial charge in [-0.2, -0.15) is 0 Å². The van der Waals surface area contributed by atoms with E-state index in [0.717, 1.165) is 18.4 Å². The smallest absolute Gasteiger partial charge is 0.408 e. The van der Waals surface area contributed by atoms with E-state index in [1.165, 1.54) is 5.56 Å². The maximum atomic E-state index is 14.4. The Bertz CT molecular complexity index is 1190. The average Bonchev–Trinajstić information content (AvgIpc) is 3.32. The molecule has 4 N–H and O–H groups in total. The summed E-state index contributed by atoms with van der Waals surface area (Å²) in [5, 5.41) is 37.3. The molecule has 7 heteroatoms. The number of aliphatic hydroxyl groups is 3. The number of carbonyl (C=O) groups excluding carboxylic acids is 2. The van der Waals surface area contributed by atoms with Gasteiger partial charge in [0.25, 0.3) is 0 Å². The van der Waals surface area contributed by atoms with Gasteiger partial charge in [0, 0.05) is 5.92 Å². The Labute approximate surface area is 218 Å². The Morgan fingerprint density at radius 1 is 1.19 bits per heavy atom. The quantitative estimate of drug-likeness (QED) is 0.463. The number of ketones is 1. The molecule has 200 valence electrons. The first-order valence-corrected chi connectivity index (χ1v) is 13.4. The molecule has 0 saturated heterocycles. The third-order valence-corrected chi connectivity index (χ3v) is 10.2. The molecule has 1 saturated carbocycles. The molecule has 37 heavy (non-hydrogen) atoms. The molecule has 0 radical (unpaired) electrons. The highest BCUT2D eigenvalue weighted by atomic mass is 16.6. The van der Waals surface area contributed by atoms with Crippen LogP contribution in [0.1, 0.15) is 64.6 Å². The molecule has 0 aliphatic heterocycles. The highest BCUT2D eigenvalue weighted by Crippen LogP contribution is 2.62. The van der Waals surface area contributed by atoms with Crippen LogP contribution in [-0.4, -0.2) is 51.6 Å². The van der Waals surface area contributed by atoms with E-state index in [0.29, 0.717) is 12.0 Å². The number of Topliss-reactive ketones (excluding diaryl/α,β-unsaturated/α-hetero) is 1. The number of fused-ring (bicyclic) bond motifs is 2. The lowest BCUT2D eigenvalue weighted by Gasteiger charge is -2.48. The molecule has 0 heterocycles. The number of carbonyl (C=O) groups is 2. The number of alkyl carbamates (subject to hydrolysis) is 1. The SMILES string of the molecule is CC1=CC23C(=O)[C@@H](C=C(CO)[C@@H](O)[C@]2(O)[C@H]1OC(=O)NC1CCc2ccccc21)C(C)(C)[C@@H](C)CC3C. The Balaban J connectivity index is 1.54. The summed E-state index contributed by atoms with van der Waals surface area (Å²) in [6.07, 6.45) is 2.07. The van der Waals surface area contributed by atoms with Gasteiger partial charge < -0.3 is 25.4 Å². The van der Waals surface area contributed by atoms with Crippen molar-refractivity contribution in [1.29, 1.82) is 0 Å². The number of hydrogen-bond donors (Lipinski definition) is 4. The molecule has 1 aromatic rings. The minimum absolute atomic E-state index is 0.130. The van der Waals surface area contributed by atoms with E-state index >= 15 is 0 Å². The fraction of sp³-hybridized carbons (Fsp3) is 0.600. The van der Waals surface area contributed by atoms with Crippen LogP contribution in [0.5, 0.6) is 0 Å². The molecule has 4 aliphatic carbocycles. The van der Waals surface area contributed by atoms with Crippen LogP contribution < -0.4 is 5.32 Å². The number of aliphatic hydroxyl groups excluding tert-OH is 2. The first-order chi connectivity index (χ1) is 17.4. The van der Waals surface area contributed by atoms with Crippen molar-refractivity contribution in [3.63, 3.8) is 0 Å². The van der Waals surface area contributed by atoms with E-state index in [1.54, 1.807) is 19.1 Å². The van der Waals surface area contributed by atoms with Crippen molar-refractivity contribution in [2.45, 2.75) is 77.7 Å². The standard InChI is InChI=1S/C30H39NO6/c1-16-14-29-18(3)12-17(2)28(4,5)22(25(29)34)13-20(15-32)24(33)30(29,36)26(16)37-27(35)31-23-11-10-19-8-6-7-9-21(19)23/h6-9,13-14,17-18,22-24,26,32-33,36H,10-12,15H2,1-5H3,(H,31,35)/t17-,18?,22+,23?,24+,26-,29?,30-/m0/s1. The molecule has 4 aliphatic rings. The summed E-state index contributed by atoms with van der Waals surface area (Å²) in [5.74, 6) is -1.02. The molecular weight excluding hydrogens is 470 g/mol. The fourth-order valence-corrected chi connectivity index (χ4v) is 7.64. The van der Waals surface area contributed by atoms with Crippen LogP contribution in [0.15, 0.2) is 47.6 Å². The van der Waals surface area contributed by atoms with Crippen molar-refractivity contribution in [3.05, 3.63) is 58.7 Å². The number of benzene rings is 1. The van der Waals surface area contributed by atoms with Gasteiger partial charge in [-0.1, -0.05) is 64.1 Å². The predicted molar refractivity (Wildman–Crippen MR) is 138 cm³/mol. The van der Waals surface area contributed by atoms with Crippen LogP contribution in [0, 0.1) is 28.6 Å². The van der Waals surface area contributed by atoms with Crippen LogP contribution in [0.2, 0.25) is 0 Å². The van der Waals surface area contributed by atoms with E-state index in [1.807, 2.05) is 45.0 Å². The number of nitrogens with one attached hydrogen (secondary N) is 1. The third-order valence-electron chi connectivity index (χ3n) is 10.2. The number of amides is 1. The molecule has 3 unspecified atom stereocenters. The number of hydrogen-bond acceptors (Lipinski definition) is 6. The van der Waals surface area contributed by atoms with Crippen molar-refractivity contribution in [2.75, 3.05) is 6.61 Å². The number of aryl methyl sites for hydroxylation is 1. The summed E-state index contributed by atoms with van der Waals surface area (Å²) in [6, 6.07) is 7.72. The minimum atomic E-state index is -2.15. The zero-order chi connectivity index (χ0) is 26.9. The van der Waals surface area contributed by atoms with E-state index < -0.39 is 47.3 Å². The maximum absolute atomic E-state index is 14.4. The highest BCUT2D eigenvalue weighted by molar-refractivity contribution is 5.95.